The van der Waals surface area contributed by atoms with E-state index in [1.807, 2.05) is 0 Å². The summed E-state index contributed by atoms with van der Waals surface area (Å²) in [6.07, 6.45) is 2.05. The van der Waals surface area contributed by atoms with Crippen LogP contribution in [0.3, 0.4) is 0 Å². The van der Waals surface area contributed by atoms with Crippen LogP contribution in [0.5, 0.6) is 0 Å². The van der Waals surface area contributed by atoms with E-state index < -0.39 is 0 Å². The van der Waals surface area contributed by atoms with Crippen molar-refractivity contribution >= 4 is 17.5 Å². The van der Waals surface area contributed by atoms with E-state index in [1.165, 1.54) is 12.1 Å². The van der Waals surface area contributed by atoms with Gasteiger partial charge in [0.25, 0.3) is 5.91 Å². The molecule has 2 aromatic rings. The smallest absolute Gasteiger partial charge is 0.270 e. The number of aryl methyl sites for hydroxylation is 1. The molecule has 3 rings (SSSR count). The van der Waals surface area contributed by atoms with Crippen molar-refractivity contribution in [2.75, 3.05) is 18.5 Å². The van der Waals surface area contributed by atoms with Crippen molar-refractivity contribution in [1.29, 1.82) is 0 Å². The van der Waals surface area contributed by atoms with Crippen molar-refractivity contribution in [2.24, 2.45) is 0 Å². The summed E-state index contributed by atoms with van der Waals surface area (Å²) in [7, 11) is 0. The summed E-state index contributed by atoms with van der Waals surface area (Å²) in [4.78, 5) is 20.7. The van der Waals surface area contributed by atoms with Gasteiger partial charge in [0.15, 0.2) is 0 Å². The topological polar surface area (TPSA) is 76.1 Å². The van der Waals surface area contributed by atoms with Gasteiger partial charge in [-0.2, -0.15) is 0 Å². The van der Waals surface area contributed by atoms with Gasteiger partial charge in [-0.1, -0.05) is 6.07 Å². The Morgan fingerprint density at radius 2 is 2.25 bits per heavy atom. The summed E-state index contributed by atoms with van der Waals surface area (Å²) in [6.45, 7) is 2.98. The first-order chi connectivity index (χ1) is 11.6. The number of benzene rings is 1. The minimum Gasteiger partial charge on any atom is -0.376 e. The highest BCUT2D eigenvalue weighted by Gasteiger charge is 2.17. The Morgan fingerprint density at radius 3 is 3.00 bits per heavy atom. The largest absolute Gasteiger partial charge is 0.376 e. The number of hydrogen-bond donors (Lipinski definition) is 2. The molecule has 2 heterocycles. The molecule has 1 fully saturated rings. The number of nitrogens with zero attached hydrogens (tertiary/aromatic N) is 2. The van der Waals surface area contributed by atoms with Crippen molar-refractivity contribution in [1.82, 2.24) is 15.3 Å². The normalized spacial score (nSPS) is 16.8. The van der Waals surface area contributed by atoms with E-state index >= 15 is 0 Å². The number of aromatic nitrogens is 2. The lowest BCUT2D eigenvalue weighted by Gasteiger charge is -2.11. The summed E-state index contributed by atoms with van der Waals surface area (Å²) in [6, 6.07) is 7.59. The molecule has 0 bridgehead atoms. The maximum Gasteiger partial charge on any atom is 0.270 e. The van der Waals surface area contributed by atoms with Crippen LogP contribution in [0.2, 0.25) is 0 Å². The van der Waals surface area contributed by atoms with E-state index in [-0.39, 0.29) is 29.5 Å². The minimum absolute atomic E-state index is 0.0711. The van der Waals surface area contributed by atoms with E-state index in [2.05, 4.69) is 20.6 Å². The van der Waals surface area contributed by atoms with Gasteiger partial charge in [0.05, 0.1) is 6.10 Å². The molecule has 0 aliphatic carbocycles. The van der Waals surface area contributed by atoms with Gasteiger partial charge >= 0.3 is 0 Å². The Hall–Kier alpha value is -2.54. The van der Waals surface area contributed by atoms with Gasteiger partial charge in [0.2, 0.25) is 5.95 Å². The molecular formula is C17H19FN4O2. The third kappa shape index (κ3) is 4.26. The Kier molecular flexibility index (Phi) is 5.00. The first kappa shape index (κ1) is 16.3. The lowest BCUT2D eigenvalue weighted by Crippen LogP contribution is -2.32. The Labute approximate surface area is 139 Å². The molecule has 1 aromatic heterocycles. The van der Waals surface area contributed by atoms with E-state index in [1.54, 1.807) is 25.1 Å². The van der Waals surface area contributed by atoms with Crippen LogP contribution in [-0.4, -0.2) is 35.1 Å². The zero-order valence-corrected chi connectivity index (χ0v) is 13.4. The van der Waals surface area contributed by atoms with Crippen molar-refractivity contribution in [3.63, 3.8) is 0 Å². The molecule has 2 N–H and O–H groups in total. The van der Waals surface area contributed by atoms with Crippen LogP contribution in [0.4, 0.5) is 16.0 Å². The van der Waals surface area contributed by atoms with Gasteiger partial charge in [-0.25, -0.2) is 14.4 Å². The average Bonchev–Trinajstić information content (AvgIpc) is 3.05. The van der Waals surface area contributed by atoms with E-state index in [0.29, 0.717) is 17.9 Å². The summed E-state index contributed by atoms with van der Waals surface area (Å²) < 4.78 is 18.7. The lowest BCUT2D eigenvalue weighted by atomic mass is 10.2. The number of carbonyl (C=O) groups is 1. The number of carbonyl (C=O) groups excluding carboxylic acids is 1. The zero-order valence-electron chi connectivity index (χ0n) is 13.4. The number of hydrogen-bond acceptors (Lipinski definition) is 5. The number of halogens is 1. The van der Waals surface area contributed by atoms with Crippen LogP contribution in [0.25, 0.3) is 0 Å². The zero-order chi connectivity index (χ0) is 16.9. The maximum absolute atomic E-state index is 13.2. The molecule has 1 unspecified atom stereocenters. The fourth-order valence-corrected chi connectivity index (χ4v) is 2.54. The third-order valence-corrected chi connectivity index (χ3v) is 3.68. The molecule has 1 amide bonds. The number of nitrogens with one attached hydrogen (secondary N) is 2. The van der Waals surface area contributed by atoms with Crippen LogP contribution >= 0.6 is 0 Å². The van der Waals surface area contributed by atoms with E-state index in [0.717, 1.165) is 19.4 Å². The highest BCUT2D eigenvalue weighted by molar-refractivity contribution is 5.92. The number of ether oxygens (including phenoxy) is 1. The van der Waals surface area contributed by atoms with Crippen LogP contribution in [0, 0.1) is 12.7 Å². The first-order valence-electron chi connectivity index (χ1n) is 7.88. The molecule has 6 nitrogen and oxygen atoms in total. The second kappa shape index (κ2) is 7.35. The lowest BCUT2D eigenvalue weighted by molar-refractivity contribution is 0.0853. The first-order valence-corrected chi connectivity index (χ1v) is 7.88. The van der Waals surface area contributed by atoms with Gasteiger partial charge in [-0.3, -0.25) is 4.79 Å². The van der Waals surface area contributed by atoms with Crippen molar-refractivity contribution in [3.8, 4) is 0 Å². The molecule has 0 saturated carbocycles. The van der Waals surface area contributed by atoms with Crippen LogP contribution in [0.15, 0.2) is 30.3 Å². The third-order valence-electron chi connectivity index (χ3n) is 3.68. The second-order valence-electron chi connectivity index (χ2n) is 5.70. The van der Waals surface area contributed by atoms with Gasteiger partial charge in [0, 0.05) is 24.5 Å². The number of rotatable bonds is 5. The maximum atomic E-state index is 13.2. The standard InChI is InChI=1S/C17H19FN4O2/c1-11-8-15(16(23)19-10-14-6-3-7-24-14)22-17(20-11)21-13-5-2-4-12(18)9-13/h2,4-5,8-9,14H,3,6-7,10H2,1H3,(H,19,23)(H,20,21,22). The summed E-state index contributed by atoms with van der Waals surface area (Å²) >= 11 is 0. The molecular weight excluding hydrogens is 311 g/mol. The van der Waals surface area contributed by atoms with Crippen LogP contribution < -0.4 is 10.6 Å². The van der Waals surface area contributed by atoms with Gasteiger partial charge in [-0.05, 0) is 44.0 Å². The Morgan fingerprint density at radius 1 is 1.38 bits per heavy atom. The monoisotopic (exact) mass is 330 g/mol. The quantitative estimate of drug-likeness (QED) is 0.881. The van der Waals surface area contributed by atoms with E-state index in [9.17, 15) is 9.18 Å². The molecule has 7 heteroatoms. The van der Waals surface area contributed by atoms with Crippen LogP contribution in [0.1, 0.15) is 29.0 Å². The van der Waals surface area contributed by atoms with Crippen LogP contribution in [-0.2, 0) is 4.74 Å². The fourth-order valence-electron chi connectivity index (χ4n) is 2.54. The molecule has 1 aliphatic heterocycles. The summed E-state index contributed by atoms with van der Waals surface area (Å²) in [5.74, 6) is -0.386. The Balaban J connectivity index is 1.69. The summed E-state index contributed by atoms with van der Waals surface area (Å²) in [5.41, 5.74) is 1.43. The van der Waals surface area contributed by atoms with Crippen molar-refractivity contribution in [3.05, 3.63) is 47.5 Å². The second-order valence-corrected chi connectivity index (χ2v) is 5.70. The molecule has 126 valence electrons. The molecule has 0 radical (unpaired) electrons. The van der Waals surface area contributed by atoms with Gasteiger partial charge in [0.1, 0.15) is 11.5 Å². The predicted molar refractivity (Wildman–Crippen MR) is 87.8 cm³/mol. The number of amides is 1. The molecule has 1 aliphatic rings. The SMILES string of the molecule is Cc1cc(C(=O)NCC2CCCO2)nc(Nc2cccc(F)c2)n1. The molecule has 1 aromatic carbocycles. The van der Waals surface area contributed by atoms with E-state index in [4.69, 9.17) is 4.74 Å². The predicted octanol–water partition coefficient (Wildman–Crippen LogP) is 2.58. The Bertz CT molecular complexity index is 732. The van der Waals surface area contributed by atoms with Gasteiger partial charge < -0.3 is 15.4 Å². The summed E-state index contributed by atoms with van der Waals surface area (Å²) in [5, 5.41) is 5.74. The molecule has 1 saturated heterocycles. The highest BCUT2D eigenvalue weighted by atomic mass is 19.1. The fraction of sp³-hybridized carbons (Fsp3) is 0.353. The number of anilines is 2. The highest BCUT2D eigenvalue weighted by Crippen LogP contribution is 2.15. The van der Waals surface area contributed by atoms with Crippen molar-refractivity contribution < 1.29 is 13.9 Å². The molecule has 24 heavy (non-hydrogen) atoms. The van der Waals surface area contributed by atoms with Gasteiger partial charge in [-0.15, -0.1) is 0 Å². The average molecular weight is 330 g/mol. The minimum atomic E-state index is -0.359. The molecule has 1 atom stereocenters. The molecule has 0 spiro atoms. The van der Waals surface area contributed by atoms with Crippen molar-refractivity contribution in [2.45, 2.75) is 25.9 Å².